The van der Waals surface area contributed by atoms with Gasteiger partial charge in [-0.15, -0.1) is 0 Å². The molecule has 1 aromatic rings. The van der Waals surface area contributed by atoms with E-state index in [1.54, 1.807) is 19.9 Å². The molecule has 0 saturated heterocycles. The molecule has 2 amide bonds. The molecule has 0 fully saturated rings. The Morgan fingerprint density at radius 1 is 1.43 bits per heavy atom. The molecular weight excluding hydrogens is 277 g/mol. The molecule has 0 heterocycles. The molecule has 3 N–H and O–H groups in total. The number of nitrogens with zero attached hydrogens (tertiary/aromatic N) is 1. The lowest BCUT2D eigenvalue weighted by Gasteiger charge is -2.17. The molecule has 112 valence electrons. The number of carbonyl (C=O) groups excluding carboxylic acids is 1. The molecule has 0 spiro atoms. The number of nitrogens with one attached hydrogen (secondary N) is 2. The zero-order valence-electron chi connectivity index (χ0n) is 11.7. The second-order valence-electron chi connectivity index (χ2n) is 4.83. The summed E-state index contributed by atoms with van der Waals surface area (Å²) in [6.07, 6.45) is 0. The Morgan fingerprint density at radius 3 is 2.62 bits per heavy atom. The monoisotopic (exact) mass is 293 g/mol. The highest BCUT2D eigenvalue weighted by Crippen LogP contribution is 2.14. The van der Waals surface area contributed by atoms with Crippen LogP contribution in [-0.4, -0.2) is 23.7 Å². The molecule has 7 heteroatoms. The van der Waals surface area contributed by atoms with Gasteiger partial charge in [-0.25, -0.2) is 9.18 Å². The molecule has 0 aliphatic heterocycles. The Kier molecular flexibility index (Phi) is 5.67. The Morgan fingerprint density at radius 2 is 2.10 bits per heavy atom. The first kappa shape index (κ1) is 16.4. The van der Waals surface area contributed by atoms with Crippen molar-refractivity contribution < 1.29 is 19.1 Å². The standard InChI is InChI=1S/C14H16FN3O3/c1-8(2)11(13(19)20)7-17-14(21)18-10-3-4-12(15)9(5-10)6-16/h3-5,8,11H,7H2,1-2H3,(H,19,20)(H2,17,18,21). The lowest BCUT2D eigenvalue weighted by Crippen LogP contribution is -2.37. The van der Waals surface area contributed by atoms with Crippen molar-refractivity contribution in [2.24, 2.45) is 11.8 Å². The number of halogens is 1. The molecule has 1 atom stereocenters. The zero-order chi connectivity index (χ0) is 16.0. The predicted octanol–water partition coefficient (Wildman–Crippen LogP) is 2.18. The van der Waals surface area contributed by atoms with Gasteiger partial charge >= 0.3 is 12.0 Å². The van der Waals surface area contributed by atoms with Gasteiger partial charge in [0.15, 0.2) is 0 Å². The zero-order valence-corrected chi connectivity index (χ0v) is 11.7. The van der Waals surface area contributed by atoms with Crippen molar-refractivity contribution in [1.29, 1.82) is 5.26 Å². The fourth-order valence-corrected chi connectivity index (χ4v) is 1.67. The summed E-state index contributed by atoms with van der Waals surface area (Å²) in [6.45, 7) is 3.47. The van der Waals surface area contributed by atoms with Crippen molar-refractivity contribution in [3.05, 3.63) is 29.6 Å². The molecule has 6 nitrogen and oxygen atoms in total. The summed E-state index contributed by atoms with van der Waals surface area (Å²) in [4.78, 5) is 22.6. The van der Waals surface area contributed by atoms with E-state index < -0.39 is 23.7 Å². The van der Waals surface area contributed by atoms with Gasteiger partial charge in [0.1, 0.15) is 11.9 Å². The van der Waals surface area contributed by atoms with Crippen molar-refractivity contribution in [3.8, 4) is 6.07 Å². The molecule has 21 heavy (non-hydrogen) atoms. The van der Waals surface area contributed by atoms with Gasteiger partial charge in [-0.05, 0) is 24.1 Å². The van der Waals surface area contributed by atoms with E-state index in [4.69, 9.17) is 10.4 Å². The summed E-state index contributed by atoms with van der Waals surface area (Å²) < 4.78 is 13.1. The van der Waals surface area contributed by atoms with Gasteiger partial charge in [0.2, 0.25) is 0 Å². The number of carboxylic acid groups (broad SMARTS) is 1. The maximum Gasteiger partial charge on any atom is 0.319 e. The number of benzene rings is 1. The van der Waals surface area contributed by atoms with Crippen LogP contribution in [0, 0.1) is 29.0 Å². The predicted molar refractivity (Wildman–Crippen MR) is 74.1 cm³/mol. The molecule has 1 unspecified atom stereocenters. The van der Waals surface area contributed by atoms with Gasteiger partial charge in [0, 0.05) is 12.2 Å². The van der Waals surface area contributed by atoms with E-state index >= 15 is 0 Å². The number of carboxylic acids is 1. The molecule has 1 aromatic carbocycles. The third kappa shape index (κ3) is 4.76. The van der Waals surface area contributed by atoms with Crippen LogP contribution in [0.4, 0.5) is 14.9 Å². The van der Waals surface area contributed by atoms with E-state index in [-0.39, 0.29) is 23.7 Å². The van der Waals surface area contributed by atoms with Crippen LogP contribution in [0.5, 0.6) is 0 Å². The van der Waals surface area contributed by atoms with Crippen molar-refractivity contribution in [3.63, 3.8) is 0 Å². The normalized spacial score (nSPS) is 11.6. The maximum atomic E-state index is 13.1. The summed E-state index contributed by atoms with van der Waals surface area (Å²) in [6, 6.07) is 4.64. The number of anilines is 1. The molecule has 0 radical (unpaired) electrons. The molecular formula is C14H16FN3O3. The first-order valence-electron chi connectivity index (χ1n) is 6.32. The average Bonchev–Trinajstić information content (AvgIpc) is 2.40. The number of amides is 2. The molecule has 0 aromatic heterocycles. The minimum atomic E-state index is -0.987. The van der Waals surface area contributed by atoms with Gasteiger partial charge in [-0.2, -0.15) is 5.26 Å². The summed E-state index contributed by atoms with van der Waals surface area (Å²) in [5, 5.41) is 22.5. The van der Waals surface area contributed by atoms with Crippen LogP contribution in [-0.2, 0) is 4.79 Å². The lowest BCUT2D eigenvalue weighted by molar-refractivity contribution is -0.142. The second kappa shape index (κ2) is 7.24. The third-order valence-corrected chi connectivity index (χ3v) is 2.95. The van der Waals surface area contributed by atoms with Crippen LogP contribution in [0.2, 0.25) is 0 Å². The molecule has 1 rings (SSSR count). The van der Waals surface area contributed by atoms with Crippen molar-refractivity contribution in [2.45, 2.75) is 13.8 Å². The van der Waals surface area contributed by atoms with E-state index in [2.05, 4.69) is 10.6 Å². The number of carbonyl (C=O) groups is 2. The molecule has 0 saturated carbocycles. The van der Waals surface area contributed by atoms with Crippen LogP contribution in [0.3, 0.4) is 0 Å². The minimum Gasteiger partial charge on any atom is -0.481 e. The van der Waals surface area contributed by atoms with Crippen LogP contribution in [0.1, 0.15) is 19.4 Å². The Hall–Kier alpha value is -2.62. The first-order chi connectivity index (χ1) is 9.85. The van der Waals surface area contributed by atoms with Crippen LogP contribution >= 0.6 is 0 Å². The van der Waals surface area contributed by atoms with E-state index in [1.807, 2.05) is 0 Å². The molecule has 0 aliphatic rings. The van der Waals surface area contributed by atoms with Gasteiger partial charge in [-0.3, -0.25) is 4.79 Å². The maximum absolute atomic E-state index is 13.1. The number of nitriles is 1. The van der Waals surface area contributed by atoms with E-state index in [0.29, 0.717) is 0 Å². The number of aliphatic carboxylic acids is 1. The summed E-state index contributed by atoms with van der Waals surface area (Å²) >= 11 is 0. The van der Waals surface area contributed by atoms with E-state index in [0.717, 1.165) is 6.07 Å². The Bertz CT molecular complexity index is 581. The third-order valence-electron chi connectivity index (χ3n) is 2.95. The fraction of sp³-hybridized carbons (Fsp3) is 0.357. The quantitative estimate of drug-likeness (QED) is 0.774. The fourth-order valence-electron chi connectivity index (χ4n) is 1.67. The van der Waals surface area contributed by atoms with E-state index in [1.165, 1.54) is 12.1 Å². The highest BCUT2D eigenvalue weighted by atomic mass is 19.1. The topological polar surface area (TPSA) is 102 Å². The van der Waals surface area contributed by atoms with Crippen molar-refractivity contribution >= 4 is 17.7 Å². The number of urea groups is 1. The van der Waals surface area contributed by atoms with E-state index in [9.17, 15) is 14.0 Å². The smallest absolute Gasteiger partial charge is 0.319 e. The highest BCUT2D eigenvalue weighted by Gasteiger charge is 2.21. The van der Waals surface area contributed by atoms with Gasteiger partial charge < -0.3 is 15.7 Å². The van der Waals surface area contributed by atoms with Gasteiger partial charge in [0.25, 0.3) is 0 Å². The number of rotatable bonds is 5. The van der Waals surface area contributed by atoms with Crippen molar-refractivity contribution in [1.82, 2.24) is 5.32 Å². The Labute approximate surface area is 121 Å². The first-order valence-corrected chi connectivity index (χ1v) is 6.32. The van der Waals surface area contributed by atoms with Gasteiger partial charge in [-0.1, -0.05) is 13.8 Å². The lowest BCUT2D eigenvalue weighted by atomic mass is 9.96. The Balaban J connectivity index is 2.62. The van der Waals surface area contributed by atoms with Crippen molar-refractivity contribution in [2.75, 3.05) is 11.9 Å². The van der Waals surface area contributed by atoms with Crippen LogP contribution in [0.15, 0.2) is 18.2 Å². The summed E-state index contributed by atoms with van der Waals surface area (Å²) in [7, 11) is 0. The number of hydrogen-bond donors (Lipinski definition) is 3. The van der Waals surface area contributed by atoms with Gasteiger partial charge in [0.05, 0.1) is 11.5 Å². The van der Waals surface area contributed by atoms with Crippen LogP contribution in [0.25, 0.3) is 0 Å². The number of hydrogen-bond acceptors (Lipinski definition) is 3. The minimum absolute atomic E-state index is 0.0227. The summed E-state index contributed by atoms with van der Waals surface area (Å²) in [5.41, 5.74) is 0.0697. The average molecular weight is 293 g/mol. The molecule has 0 aliphatic carbocycles. The highest BCUT2D eigenvalue weighted by molar-refractivity contribution is 5.89. The second-order valence-corrected chi connectivity index (χ2v) is 4.83. The summed E-state index contributed by atoms with van der Waals surface area (Å²) in [5.74, 6) is -2.48. The largest absolute Gasteiger partial charge is 0.481 e. The van der Waals surface area contributed by atoms with Crippen LogP contribution < -0.4 is 10.6 Å². The SMILES string of the molecule is CC(C)C(CNC(=O)Nc1ccc(F)c(C#N)c1)C(=O)O. The molecule has 0 bridgehead atoms.